The Kier molecular flexibility index (Phi) is 5.33. The molecule has 1 aliphatic carbocycles. The molecule has 5 rings (SSSR count). The number of hydrogen-bond donors (Lipinski definition) is 2. The molecular weight excluding hydrogens is 414 g/mol. The first kappa shape index (κ1) is 20.0. The summed E-state index contributed by atoms with van der Waals surface area (Å²) in [5, 5.41) is 5.69. The molecule has 2 N–H and O–H groups in total. The lowest BCUT2D eigenvalue weighted by molar-refractivity contribution is 0.274. The summed E-state index contributed by atoms with van der Waals surface area (Å²) in [5.41, 5.74) is 8.19. The van der Waals surface area contributed by atoms with Crippen molar-refractivity contribution in [3.8, 4) is 6.01 Å². The fraction of sp³-hybridized carbons (Fsp3) is 0.364. The van der Waals surface area contributed by atoms with E-state index < -0.39 is 0 Å². The van der Waals surface area contributed by atoms with Gasteiger partial charge in [0.1, 0.15) is 11.0 Å². The Hall–Kier alpha value is -2.97. The van der Waals surface area contributed by atoms with Crippen molar-refractivity contribution in [1.82, 2.24) is 30.4 Å². The SMILES string of the molecule is Cc1c(Cl)nc(OCC2CC2c2ccc3ncccc3n2)nc1NCC1=CN(C)NC1. The van der Waals surface area contributed by atoms with E-state index in [0.29, 0.717) is 42.0 Å². The van der Waals surface area contributed by atoms with Crippen LogP contribution in [0.3, 0.4) is 0 Å². The van der Waals surface area contributed by atoms with Crippen LogP contribution < -0.4 is 15.5 Å². The van der Waals surface area contributed by atoms with Crippen LogP contribution >= 0.6 is 11.6 Å². The number of fused-ring (bicyclic) bond motifs is 1. The minimum atomic E-state index is 0.301. The lowest BCUT2D eigenvalue weighted by Gasteiger charge is -2.12. The number of hydrogen-bond acceptors (Lipinski definition) is 8. The molecule has 1 fully saturated rings. The molecule has 3 aromatic heterocycles. The molecule has 2 aliphatic rings. The average molecular weight is 438 g/mol. The number of halogens is 1. The summed E-state index contributed by atoms with van der Waals surface area (Å²) < 4.78 is 5.91. The van der Waals surface area contributed by atoms with Crippen LogP contribution in [0.5, 0.6) is 6.01 Å². The van der Waals surface area contributed by atoms with Gasteiger partial charge in [-0.15, -0.1) is 0 Å². The van der Waals surface area contributed by atoms with Crippen LogP contribution in [0.1, 0.15) is 23.6 Å². The maximum Gasteiger partial charge on any atom is 0.319 e. The van der Waals surface area contributed by atoms with Crippen molar-refractivity contribution in [1.29, 1.82) is 0 Å². The van der Waals surface area contributed by atoms with Crippen LogP contribution in [0.2, 0.25) is 5.15 Å². The highest BCUT2D eigenvalue weighted by molar-refractivity contribution is 6.30. The van der Waals surface area contributed by atoms with Gasteiger partial charge in [0.05, 0.1) is 17.6 Å². The predicted molar refractivity (Wildman–Crippen MR) is 120 cm³/mol. The van der Waals surface area contributed by atoms with Crippen molar-refractivity contribution in [3.05, 3.63) is 58.6 Å². The van der Waals surface area contributed by atoms with Crippen molar-refractivity contribution in [2.75, 3.05) is 32.1 Å². The molecule has 31 heavy (non-hydrogen) atoms. The second kappa shape index (κ2) is 8.28. The number of hydrazine groups is 1. The van der Waals surface area contributed by atoms with E-state index in [2.05, 4.69) is 38.0 Å². The smallest absolute Gasteiger partial charge is 0.319 e. The molecule has 0 saturated heterocycles. The maximum atomic E-state index is 6.33. The van der Waals surface area contributed by atoms with Gasteiger partial charge in [-0.3, -0.25) is 9.97 Å². The molecular formula is C22H24ClN7O. The number of rotatable bonds is 7. The first-order chi connectivity index (χ1) is 15.1. The van der Waals surface area contributed by atoms with Crippen molar-refractivity contribution in [2.45, 2.75) is 19.3 Å². The van der Waals surface area contributed by atoms with Crippen molar-refractivity contribution >= 4 is 28.5 Å². The van der Waals surface area contributed by atoms with Gasteiger partial charge in [0.25, 0.3) is 0 Å². The topological polar surface area (TPSA) is 88.1 Å². The Labute approximate surface area is 185 Å². The molecule has 2 atom stereocenters. The van der Waals surface area contributed by atoms with Gasteiger partial charge in [0, 0.05) is 55.6 Å². The average Bonchev–Trinajstić information content (AvgIpc) is 3.44. The lowest BCUT2D eigenvalue weighted by Crippen LogP contribution is -2.24. The Morgan fingerprint density at radius 1 is 1.23 bits per heavy atom. The van der Waals surface area contributed by atoms with Crippen LogP contribution in [0.25, 0.3) is 11.0 Å². The quantitative estimate of drug-likeness (QED) is 0.544. The zero-order chi connectivity index (χ0) is 21.4. The zero-order valence-electron chi connectivity index (χ0n) is 17.5. The van der Waals surface area contributed by atoms with Gasteiger partial charge < -0.3 is 15.1 Å². The number of anilines is 1. The van der Waals surface area contributed by atoms with Gasteiger partial charge in [-0.2, -0.15) is 9.97 Å². The highest BCUT2D eigenvalue weighted by atomic mass is 35.5. The summed E-state index contributed by atoms with van der Waals surface area (Å²) in [5.74, 6) is 1.48. The summed E-state index contributed by atoms with van der Waals surface area (Å²) in [6.45, 7) is 3.93. The van der Waals surface area contributed by atoms with Crippen LogP contribution in [0, 0.1) is 12.8 Å². The van der Waals surface area contributed by atoms with Crippen LogP contribution in [-0.4, -0.2) is 51.7 Å². The van der Waals surface area contributed by atoms with E-state index >= 15 is 0 Å². The van der Waals surface area contributed by atoms with Crippen LogP contribution in [0.4, 0.5) is 5.82 Å². The van der Waals surface area contributed by atoms with Crippen LogP contribution in [-0.2, 0) is 0 Å². The molecule has 0 aromatic carbocycles. The Bertz CT molecular complexity index is 1150. The Balaban J connectivity index is 1.21. The van der Waals surface area contributed by atoms with Crippen molar-refractivity contribution < 1.29 is 4.74 Å². The standard InChI is InChI=1S/C22H24ClN7O/c1-13-20(23)28-22(29-21(13)25-9-14-10-26-30(2)11-14)31-12-15-8-16(15)17-5-6-18-19(27-17)4-3-7-24-18/h3-7,11,15-16,26H,8-10,12H2,1-2H3,(H,25,28,29). The third kappa shape index (κ3) is 4.40. The molecule has 160 valence electrons. The van der Waals surface area contributed by atoms with E-state index in [1.54, 1.807) is 6.20 Å². The largest absolute Gasteiger partial charge is 0.463 e. The molecule has 3 aromatic rings. The van der Waals surface area contributed by atoms with Gasteiger partial charge in [-0.1, -0.05) is 11.6 Å². The molecule has 0 amide bonds. The maximum absolute atomic E-state index is 6.33. The molecule has 0 radical (unpaired) electrons. The first-order valence-corrected chi connectivity index (χ1v) is 10.7. The number of nitrogens with zero attached hydrogens (tertiary/aromatic N) is 5. The van der Waals surface area contributed by atoms with Gasteiger partial charge in [-0.25, -0.2) is 5.43 Å². The summed E-state index contributed by atoms with van der Waals surface area (Å²) in [6.07, 6.45) is 4.89. The normalized spacial score (nSPS) is 20.1. The highest BCUT2D eigenvalue weighted by Gasteiger charge is 2.40. The molecule has 0 bridgehead atoms. The van der Waals surface area contributed by atoms with Gasteiger partial charge in [-0.05, 0) is 43.2 Å². The molecule has 1 aliphatic heterocycles. The first-order valence-electron chi connectivity index (χ1n) is 10.3. The van der Waals surface area contributed by atoms with E-state index in [1.165, 1.54) is 5.57 Å². The summed E-state index contributed by atoms with van der Waals surface area (Å²) in [6, 6.07) is 8.29. The van der Waals surface area contributed by atoms with Crippen LogP contribution in [0.15, 0.2) is 42.2 Å². The monoisotopic (exact) mass is 437 g/mol. The summed E-state index contributed by atoms with van der Waals surface area (Å²) in [7, 11) is 1.97. The van der Waals surface area contributed by atoms with Crippen molar-refractivity contribution in [3.63, 3.8) is 0 Å². The van der Waals surface area contributed by atoms with Crippen molar-refractivity contribution in [2.24, 2.45) is 5.92 Å². The highest BCUT2D eigenvalue weighted by Crippen LogP contribution is 2.47. The number of aromatic nitrogens is 4. The van der Waals surface area contributed by atoms with E-state index in [4.69, 9.17) is 21.3 Å². The second-order valence-electron chi connectivity index (χ2n) is 8.05. The second-order valence-corrected chi connectivity index (χ2v) is 8.41. The fourth-order valence-electron chi connectivity index (χ4n) is 3.76. The van der Waals surface area contributed by atoms with E-state index in [9.17, 15) is 0 Å². The van der Waals surface area contributed by atoms with Gasteiger partial charge in [0.2, 0.25) is 0 Å². The molecule has 1 saturated carbocycles. The number of nitrogens with one attached hydrogen (secondary N) is 2. The lowest BCUT2D eigenvalue weighted by atomic mass is 10.2. The Morgan fingerprint density at radius 2 is 2.13 bits per heavy atom. The number of ether oxygens (including phenoxy) is 1. The molecule has 4 heterocycles. The molecule has 0 spiro atoms. The third-order valence-corrected chi connectivity index (χ3v) is 6.06. The van der Waals surface area contributed by atoms with Gasteiger partial charge in [0.15, 0.2) is 0 Å². The summed E-state index contributed by atoms with van der Waals surface area (Å²) in [4.78, 5) is 17.9. The molecule has 8 nitrogen and oxygen atoms in total. The minimum absolute atomic E-state index is 0.301. The zero-order valence-corrected chi connectivity index (χ0v) is 18.2. The fourth-order valence-corrected chi connectivity index (χ4v) is 3.92. The van der Waals surface area contributed by atoms with E-state index in [-0.39, 0.29) is 0 Å². The van der Waals surface area contributed by atoms with E-state index in [1.807, 2.05) is 37.2 Å². The molecule has 2 unspecified atom stereocenters. The van der Waals surface area contributed by atoms with E-state index in [0.717, 1.165) is 35.3 Å². The number of pyridine rings is 2. The minimum Gasteiger partial charge on any atom is -0.463 e. The van der Waals surface area contributed by atoms with Gasteiger partial charge >= 0.3 is 6.01 Å². The third-order valence-electron chi connectivity index (χ3n) is 5.69. The Morgan fingerprint density at radius 3 is 2.97 bits per heavy atom. The predicted octanol–water partition coefficient (Wildman–Crippen LogP) is 3.31. The molecule has 9 heteroatoms. The summed E-state index contributed by atoms with van der Waals surface area (Å²) >= 11 is 6.33.